The van der Waals surface area contributed by atoms with Gasteiger partial charge in [-0.25, -0.2) is 4.98 Å². The molecule has 1 fully saturated rings. The lowest BCUT2D eigenvalue weighted by Gasteiger charge is -2.19. The standard InChI is InChI=1S/C19H19BF3N5O2/c1-10-8-25-18(28-17(10)27-15-4-2-3-11(15)7-24)26-13-5-12-9-30-20(29)16(12)14(6-13)19(21,22)23/h5-6,8,11,15,29H,2-4,9H2,1H3,(H2,25,26,27,28). The zero-order valence-corrected chi connectivity index (χ0v) is 16.1. The van der Waals surface area contributed by atoms with Crippen LogP contribution in [0.25, 0.3) is 0 Å². The normalized spacial score (nSPS) is 20.7. The first-order valence-corrected chi connectivity index (χ1v) is 9.56. The highest BCUT2D eigenvalue weighted by Crippen LogP contribution is 2.34. The summed E-state index contributed by atoms with van der Waals surface area (Å²) in [5.74, 6) is 0.561. The zero-order chi connectivity index (χ0) is 21.5. The van der Waals surface area contributed by atoms with Gasteiger partial charge < -0.3 is 20.3 Å². The number of nitrogens with zero attached hydrogens (tertiary/aromatic N) is 3. The molecule has 30 heavy (non-hydrogen) atoms. The van der Waals surface area contributed by atoms with Gasteiger partial charge in [0.15, 0.2) is 0 Å². The molecule has 4 rings (SSSR count). The number of halogens is 3. The van der Waals surface area contributed by atoms with Crippen molar-refractivity contribution >= 4 is 30.0 Å². The average Bonchev–Trinajstić information content (AvgIpc) is 3.29. The Hall–Kier alpha value is -2.84. The molecule has 11 heteroatoms. The summed E-state index contributed by atoms with van der Waals surface area (Å²) in [5, 5.41) is 25.1. The van der Waals surface area contributed by atoms with Crippen LogP contribution in [0.2, 0.25) is 0 Å². The smallest absolute Gasteiger partial charge is 0.423 e. The first-order chi connectivity index (χ1) is 14.3. The van der Waals surface area contributed by atoms with Crippen LogP contribution in [0, 0.1) is 24.2 Å². The van der Waals surface area contributed by atoms with Crippen molar-refractivity contribution < 1.29 is 22.8 Å². The number of anilines is 3. The molecule has 2 unspecified atom stereocenters. The number of aryl methyl sites for hydroxylation is 1. The maximum absolute atomic E-state index is 13.5. The van der Waals surface area contributed by atoms with E-state index in [0.29, 0.717) is 5.82 Å². The van der Waals surface area contributed by atoms with Gasteiger partial charge in [0.1, 0.15) is 5.82 Å². The predicted octanol–water partition coefficient (Wildman–Crippen LogP) is 2.87. The third kappa shape index (κ3) is 3.93. The van der Waals surface area contributed by atoms with Gasteiger partial charge in [-0.3, -0.25) is 0 Å². The monoisotopic (exact) mass is 417 g/mol. The summed E-state index contributed by atoms with van der Waals surface area (Å²) in [6.45, 7) is 1.70. The van der Waals surface area contributed by atoms with Crippen molar-refractivity contribution in [2.45, 2.75) is 45.0 Å². The summed E-state index contributed by atoms with van der Waals surface area (Å²) in [4.78, 5) is 8.55. The molecule has 1 aliphatic carbocycles. The van der Waals surface area contributed by atoms with Crippen LogP contribution in [0.4, 0.5) is 30.6 Å². The van der Waals surface area contributed by atoms with Crippen molar-refractivity contribution in [3.05, 3.63) is 35.0 Å². The second kappa shape index (κ2) is 7.77. The molecule has 2 aromatic rings. The molecule has 0 radical (unpaired) electrons. The van der Waals surface area contributed by atoms with Gasteiger partial charge in [-0.2, -0.15) is 23.4 Å². The first-order valence-electron chi connectivity index (χ1n) is 9.56. The van der Waals surface area contributed by atoms with Crippen LogP contribution in [-0.2, 0) is 17.4 Å². The molecule has 2 heterocycles. The molecule has 2 aliphatic rings. The van der Waals surface area contributed by atoms with Crippen LogP contribution in [0.3, 0.4) is 0 Å². The minimum Gasteiger partial charge on any atom is -0.423 e. The molecule has 0 saturated heterocycles. The van der Waals surface area contributed by atoms with Crippen LogP contribution >= 0.6 is 0 Å². The number of alkyl halides is 3. The quantitative estimate of drug-likeness (QED) is 0.658. The van der Waals surface area contributed by atoms with Gasteiger partial charge in [0.25, 0.3) is 0 Å². The Morgan fingerprint density at radius 3 is 2.87 bits per heavy atom. The second-order valence-corrected chi connectivity index (χ2v) is 7.53. The van der Waals surface area contributed by atoms with Crippen molar-refractivity contribution in [2.75, 3.05) is 10.6 Å². The zero-order valence-electron chi connectivity index (χ0n) is 16.1. The summed E-state index contributed by atoms with van der Waals surface area (Å²) in [6, 6.07) is 4.67. The largest absolute Gasteiger partial charge is 0.492 e. The van der Waals surface area contributed by atoms with Crippen LogP contribution < -0.4 is 16.1 Å². The van der Waals surface area contributed by atoms with E-state index in [9.17, 15) is 23.5 Å². The molecule has 7 nitrogen and oxygen atoms in total. The number of nitrogens with one attached hydrogen (secondary N) is 2. The molecule has 1 aromatic carbocycles. The third-order valence-electron chi connectivity index (χ3n) is 5.45. The Morgan fingerprint density at radius 2 is 2.13 bits per heavy atom. The lowest BCUT2D eigenvalue weighted by Crippen LogP contribution is -2.34. The SMILES string of the molecule is Cc1cnc(Nc2cc3c(c(C(F)(F)F)c2)B(O)OC3)nc1NC1CCCC1C#N. The highest BCUT2D eigenvalue weighted by molar-refractivity contribution is 6.62. The van der Waals surface area contributed by atoms with E-state index in [0.717, 1.165) is 30.9 Å². The third-order valence-corrected chi connectivity index (χ3v) is 5.45. The molecule has 156 valence electrons. The van der Waals surface area contributed by atoms with Gasteiger partial charge in [-0.15, -0.1) is 0 Å². The van der Waals surface area contributed by atoms with Gasteiger partial charge >= 0.3 is 13.3 Å². The average molecular weight is 417 g/mol. The van der Waals surface area contributed by atoms with E-state index in [2.05, 4.69) is 26.7 Å². The van der Waals surface area contributed by atoms with E-state index >= 15 is 0 Å². The van der Waals surface area contributed by atoms with Gasteiger partial charge in [-0.1, -0.05) is 0 Å². The molecule has 1 aromatic heterocycles. The number of fused-ring (bicyclic) bond motifs is 1. The van der Waals surface area contributed by atoms with E-state index in [1.165, 1.54) is 6.07 Å². The minimum atomic E-state index is -4.65. The summed E-state index contributed by atoms with van der Waals surface area (Å²) in [7, 11) is -1.60. The van der Waals surface area contributed by atoms with Crippen molar-refractivity contribution in [2.24, 2.45) is 5.92 Å². The van der Waals surface area contributed by atoms with Crippen molar-refractivity contribution in [1.29, 1.82) is 5.26 Å². The summed E-state index contributed by atoms with van der Waals surface area (Å²) in [5.41, 5.74) is -0.0483. The molecule has 0 spiro atoms. The first kappa shape index (κ1) is 20.4. The second-order valence-electron chi connectivity index (χ2n) is 7.53. The molecule has 1 aliphatic heterocycles. The summed E-state index contributed by atoms with van der Waals surface area (Å²) < 4.78 is 45.4. The Labute approximate surface area is 171 Å². The minimum absolute atomic E-state index is 0.0214. The van der Waals surface area contributed by atoms with Crippen LogP contribution in [0.15, 0.2) is 18.3 Å². The van der Waals surface area contributed by atoms with Crippen LogP contribution in [-0.4, -0.2) is 28.2 Å². The van der Waals surface area contributed by atoms with Crippen molar-refractivity contribution in [3.8, 4) is 6.07 Å². The number of hydrogen-bond donors (Lipinski definition) is 3. The molecule has 1 saturated carbocycles. The van der Waals surface area contributed by atoms with E-state index < -0.39 is 18.9 Å². The number of hydrogen-bond acceptors (Lipinski definition) is 7. The maximum Gasteiger partial charge on any atom is 0.492 e. The number of aromatic nitrogens is 2. The topological polar surface area (TPSA) is 103 Å². The maximum atomic E-state index is 13.5. The van der Waals surface area contributed by atoms with Crippen LogP contribution in [0.1, 0.15) is 36.0 Å². The fourth-order valence-corrected chi connectivity index (χ4v) is 3.92. The van der Waals surface area contributed by atoms with E-state index in [1.54, 1.807) is 6.20 Å². The summed E-state index contributed by atoms with van der Waals surface area (Å²) >= 11 is 0. The lowest BCUT2D eigenvalue weighted by molar-refractivity contribution is -0.136. The van der Waals surface area contributed by atoms with E-state index in [-0.39, 0.29) is 41.2 Å². The highest BCUT2D eigenvalue weighted by Gasteiger charge is 2.41. The Kier molecular flexibility index (Phi) is 5.30. The fourth-order valence-electron chi connectivity index (χ4n) is 3.92. The molecule has 0 bridgehead atoms. The number of nitriles is 1. The molecule has 0 amide bonds. The van der Waals surface area contributed by atoms with Gasteiger partial charge in [0.05, 0.1) is 24.2 Å². The summed E-state index contributed by atoms with van der Waals surface area (Å²) in [6.07, 6.45) is -0.446. The molecular weight excluding hydrogens is 398 g/mol. The van der Waals surface area contributed by atoms with E-state index in [1.807, 2.05) is 6.92 Å². The highest BCUT2D eigenvalue weighted by atomic mass is 19.4. The lowest BCUT2D eigenvalue weighted by atomic mass is 9.75. The molecular formula is C19H19BF3N5O2. The van der Waals surface area contributed by atoms with E-state index in [4.69, 9.17) is 4.65 Å². The number of benzene rings is 1. The van der Waals surface area contributed by atoms with Gasteiger partial charge in [0.2, 0.25) is 5.95 Å². The Bertz CT molecular complexity index is 1010. The number of rotatable bonds is 4. The fraction of sp³-hybridized carbons (Fsp3) is 0.421. The van der Waals surface area contributed by atoms with Crippen LogP contribution in [0.5, 0.6) is 0 Å². The van der Waals surface area contributed by atoms with Gasteiger partial charge in [0, 0.05) is 29.0 Å². The van der Waals surface area contributed by atoms with Crippen molar-refractivity contribution in [3.63, 3.8) is 0 Å². The molecule has 2 atom stereocenters. The Balaban J connectivity index is 1.62. The molecule has 3 N–H and O–H groups in total. The Morgan fingerprint density at radius 1 is 1.33 bits per heavy atom. The van der Waals surface area contributed by atoms with Gasteiger partial charge in [-0.05, 0) is 43.9 Å². The predicted molar refractivity (Wildman–Crippen MR) is 104 cm³/mol. The van der Waals surface area contributed by atoms with Crippen molar-refractivity contribution in [1.82, 2.24) is 9.97 Å².